The number of carbonyl (C=O) groups excluding carboxylic acids is 1. The molecule has 0 aliphatic carbocycles. The molecule has 5 heteroatoms. The van der Waals surface area contributed by atoms with Crippen LogP contribution in [0.15, 0.2) is 17.5 Å². The quantitative estimate of drug-likeness (QED) is 0.706. The van der Waals surface area contributed by atoms with Gasteiger partial charge in [-0.25, -0.2) is 0 Å². The molecule has 0 radical (unpaired) electrons. The number of rotatable bonds is 7. The molecule has 1 rings (SSSR count). The van der Waals surface area contributed by atoms with Crippen LogP contribution >= 0.6 is 11.3 Å². The molecular weight excluding hydrogens is 224 g/mol. The summed E-state index contributed by atoms with van der Waals surface area (Å²) in [6.45, 7) is 3.63. The molecule has 2 N–H and O–H groups in total. The molecule has 0 fully saturated rings. The van der Waals surface area contributed by atoms with Gasteiger partial charge in [0, 0.05) is 18.5 Å². The highest BCUT2D eigenvalue weighted by atomic mass is 32.1. The van der Waals surface area contributed by atoms with Gasteiger partial charge in [0.05, 0.1) is 19.2 Å². The van der Waals surface area contributed by atoms with Gasteiger partial charge in [-0.15, -0.1) is 11.3 Å². The third-order valence-corrected chi connectivity index (χ3v) is 3.17. The number of amides is 1. The van der Waals surface area contributed by atoms with Crippen molar-refractivity contribution in [3.8, 4) is 0 Å². The van der Waals surface area contributed by atoms with E-state index < -0.39 is 0 Å². The highest BCUT2D eigenvalue weighted by Crippen LogP contribution is 2.17. The molecule has 0 spiro atoms. The number of methoxy groups -OCH3 is 1. The summed E-state index contributed by atoms with van der Waals surface area (Å²) in [7, 11) is 1.64. The summed E-state index contributed by atoms with van der Waals surface area (Å²) in [6.07, 6.45) is 0. The topological polar surface area (TPSA) is 50.4 Å². The molecule has 0 saturated carbocycles. The Kier molecular flexibility index (Phi) is 6.07. The van der Waals surface area contributed by atoms with Crippen LogP contribution in [0.2, 0.25) is 0 Å². The lowest BCUT2D eigenvalue weighted by atomic mass is 10.3. The van der Waals surface area contributed by atoms with Crippen LogP contribution in [0.5, 0.6) is 0 Å². The molecular formula is C11H18N2O2S. The molecule has 1 amide bonds. The summed E-state index contributed by atoms with van der Waals surface area (Å²) in [5, 5.41) is 7.94. The van der Waals surface area contributed by atoms with Crippen LogP contribution in [-0.4, -0.2) is 32.7 Å². The Bertz CT molecular complexity index is 301. The van der Waals surface area contributed by atoms with Crippen LogP contribution in [0.4, 0.5) is 0 Å². The molecule has 0 aliphatic rings. The second-order valence-corrected chi connectivity index (χ2v) is 4.45. The minimum atomic E-state index is 0.0111. The molecule has 16 heavy (non-hydrogen) atoms. The number of nitrogens with one attached hydrogen (secondary N) is 2. The Morgan fingerprint density at radius 3 is 3.06 bits per heavy atom. The van der Waals surface area contributed by atoms with Gasteiger partial charge in [-0.2, -0.15) is 0 Å². The van der Waals surface area contributed by atoms with E-state index in [-0.39, 0.29) is 11.9 Å². The van der Waals surface area contributed by atoms with Crippen LogP contribution < -0.4 is 10.6 Å². The summed E-state index contributed by atoms with van der Waals surface area (Å²) >= 11 is 1.65. The standard InChI is InChI=1S/C11H18N2O2S/c1-9(10-4-3-7-16-10)13-11(14)8-12-5-6-15-2/h3-4,7,9,12H,5-6,8H2,1-2H3,(H,13,14)/t9-/m0/s1. The number of thiophene rings is 1. The van der Waals surface area contributed by atoms with E-state index in [0.29, 0.717) is 19.7 Å². The van der Waals surface area contributed by atoms with Crippen LogP contribution in [0.3, 0.4) is 0 Å². The zero-order valence-corrected chi connectivity index (χ0v) is 10.5. The van der Waals surface area contributed by atoms with Crippen molar-refractivity contribution in [3.05, 3.63) is 22.4 Å². The summed E-state index contributed by atoms with van der Waals surface area (Å²) in [4.78, 5) is 12.7. The van der Waals surface area contributed by atoms with Crippen molar-refractivity contribution in [1.82, 2.24) is 10.6 Å². The normalized spacial score (nSPS) is 12.4. The molecule has 1 heterocycles. The minimum absolute atomic E-state index is 0.0111. The molecule has 0 unspecified atom stereocenters. The average molecular weight is 242 g/mol. The van der Waals surface area contributed by atoms with E-state index in [1.54, 1.807) is 18.4 Å². The van der Waals surface area contributed by atoms with E-state index in [1.807, 2.05) is 24.4 Å². The third-order valence-electron chi connectivity index (χ3n) is 2.12. The van der Waals surface area contributed by atoms with Gasteiger partial charge in [-0.1, -0.05) is 6.07 Å². The lowest BCUT2D eigenvalue weighted by Crippen LogP contribution is -2.36. The Labute approximate surface area is 100 Å². The maximum Gasteiger partial charge on any atom is 0.234 e. The maximum absolute atomic E-state index is 11.5. The van der Waals surface area contributed by atoms with Gasteiger partial charge in [0.1, 0.15) is 0 Å². The lowest BCUT2D eigenvalue weighted by molar-refractivity contribution is -0.120. The Balaban J connectivity index is 2.19. The first-order valence-electron chi connectivity index (χ1n) is 5.26. The smallest absolute Gasteiger partial charge is 0.234 e. The van der Waals surface area contributed by atoms with E-state index in [2.05, 4.69) is 10.6 Å². The van der Waals surface area contributed by atoms with E-state index >= 15 is 0 Å². The van der Waals surface area contributed by atoms with Crippen molar-refractivity contribution in [3.63, 3.8) is 0 Å². The second-order valence-electron chi connectivity index (χ2n) is 3.47. The summed E-state index contributed by atoms with van der Waals surface area (Å²) < 4.78 is 4.87. The molecule has 0 aromatic carbocycles. The Hall–Kier alpha value is -0.910. The SMILES string of the molecule is COCCNCC(=O)N[C@@H](C)c1cccs1. The van der Waals surface area contributed by atoms with Gasteiger partial charge in [0.15, 0.2) is 0 Å². The number of hydrogen-bond donors (Lipinski definition) is 2. The predicted molar refractivity (Wildman–Crippen MR) is 65.6 cm³/mol. The predicted octanol–water partition coefficient (Wildman–Crippen LogP) is 1.16. The van der Waals surface area contributed by atoms with Crippen molar-refractivity contribution in [2.45, 2.75) is 13.0 Å². The summed E-state index contributed by atoms with van der Waals surface area (Å²) in [5.41, 5.74) is 0. The van der Waals surface area contributed by atoms with E-state index in [9.17, 15) is 4.79 Å². The van der Waals surface area contributed by atoms with Crippen LogP contribution in [0.1, 0.15) is 17.8 Å². The third kappa shape index (κ3) is 4.74. The molecule has 1 aromatic rings. The number of hydrogen-bond acceptors (Lipinski definition) is 4. The van der Waals surface area contributed by atoms with Crippen molar-refractivity contribution >= 4 is 17.2 Å². The largest absolute Gasteiger partial charge is 0.383 e. The van der Waals surface area contributed by atoms with E-state index in [0.717, 1.165) is 0 Å². The number of carbonyl (C=O) groups is 1. The second kappa shape index (κ2) is 7.38. The molecule has 90 valence electrons. The van der Waals surface area contributed by atoms with Gasteiger partial charge < -0.3 is 15.4 Å². The van der Waals surface area contributed by atoms with Gasteiger partial charge >= 0.3 is 0 Å². The van der Waals surface area contributed by atoms with Gasteiger partial charge in [-0.3, -0.25) is 4.79 Å². The lowest BCUT2D eigenvalue weighted by Gasteiger charge is -2.12. The average Bonchev–Trinajstić information content (AvgIpc) is 2.77. The van der Waals surface area contributed by atoms with Crippen molar-refractivity contribution in [1.29, 1.82) is 0 Å². The van der Waals surface area contributed by atoms with Gasteiger partial charge in [0.2, 0.25) is 5.91 Å². The monoisotopic (exact) mass is 242 g/mol. The summed E-state index contributed by atoms with van der Waals surface area (Å²) in [6, 6.07) is 4.09. The van der Waals surface area contributed by atoms with E-state index in [4.69, 9.17) is 4.74 Å². The molecule has 0 aliphatic heterocycles. The van der Waals surface area contributed by atoms with Crippen LogP contribution in [0, 0.1) is 0 Å². The fraction of sp³-hybridized carbons (Fsp3) is 0.545. The van der Waals surface area contributed by atoms with Crippen molar-refractivity contribution in [2.75, 3.05) is 26.8 Å². The zero-order chi connectivity index (χ0) is 11.8. The molecule has 0 saturated heterocycles. The van der Waals surface area contributed by atoms with Gasteiger partial charge in [0.25, 0.3) is 0 Å². The van der Waals surface area contributed by atoms with Crippen LogP contribution in [-0.2, 0) is 9.53 Å². The maximum atomic E-state index is 11.5. The molecule has 0 bridgehead atoms. The first kappa shape index (κ1) is 13.2. The summed E-state index contributed by atoms with van der Waals surface area (Å²) in [5.74, 6) is 0.0111. The Morgan fingerprint density at radius 2 is 2.44 bits per heavy atom. The number of ether oxygens (including phenoxy) is 1. The fourth-order valence-electron chi connectivity index (χ4n) is 1.28. The molecule has 1 atom stereocenters. The van der Waals surface area contributed by atoms with Crippen molar-refractivity contribution < 1.29 is 9.53 Å². The Morgan fingerprint density at radius 1 is 1.62 bits per heavy atom. The fourth-order valence-corrected chi connectivity index (χ4v) is 2.01. The molecule has 1 aromatic heterocycles. The van der Waals surface area contributed by atoms with E-state index in [1.165, 1.54) is 4.88 Å². The zero-order valence-electron chi connectivity index (χ0n) is 9.66. The van der Waals surface area contributed by atoms with Crippen LogP contribution in [0.25, 0.3) is 0 Å². The minimum Gasteiger partial charge on any atom is -0.383 e. The van der Waals surface area contributed by atoms with Gasteiger partial charge in [-0.05, 0) is 18.4 Å². The highest BCUT2D eigenvalue weighted by molar-refractivity contribution is 7.10. The highest BCUT2D eigenvalue weighted by Gasteiger charge is 2.09. The first-order chi connectivity index (χ1) is 7.74. The molecule has 4 nitrogen and oxygen atoms in total. The van der Waals surface area contributed by atoms with Crippen molar-refractivity contribution in [2.24, 2.45) is 0 Å². The first-order valence-corrected chi connectivity index (χ1v) is 6.14.